The molecular formula is C12H20N2O. The molecular weight excluding hydrogens is 188 g/mol. The van der Waals surface area contributed by atoms with Gasteiger partial charge in [0.05, 0.1) is 6.61 Å². The van der Waals surface area contributed by atoms with Crippen molar-refractivity contribution in [2.24, 2.45) is 5.92 Å². The van der Waals surface area contributed by atoms with E-state index in [4.69, 9.17) is 4.74 Å². The van der Waals surface area contributed by atoms with E-state index in [0.29, 0.717) is 24.4 Å². The predicted octanol–water partition coefficient (Wildman–Crippen LogP) is 2.40. The Balaban J connectivity index is 2.65. The van der Waals surface area contributed by atoms with Crippen molar-refractivity contribution in [2.75, 3.05) is 13.7 Å². The topological polar surface area (TPSA) is 34.2 Å². The number of pyridine rings is 1. The van der Waals surface area contributed by atoms with Gasteiger partial charge in [0.25, 0.3) is 0 Å². The van der Waals surface area contributed by atoms with E-state index in [2.05, 4.69) is 31.1 Å². The number of hydrogen-bond donors (Lipinski definition) is 1. The van der Waals surface area contributed by atoms with Crippen molar-refractivity contribution >= 4 is 0 Å². The molecule has 0 saturated heterocycles. The average molecular weight is 208 g/mol. The molecule has 0 radical (unpaired) electrons. The van der Waals surface area contributed by atoms with Gasteiger partial charge in [-0.05, 0) is 31.5 Å². The van der Waals surface area contributed by atoms with E-state index < -0.39 is 0 Å². The second-order valence-corrected chi connectivity index (χ2v) is 4.14. The summed E-state index contributed by atoms with van der Waals surface area (Å²) in [5.74, 6) is 1.24. The van der Waals surface area contributed by atoms with Crippen molar-refractivity contribution in [1.82, 2.24) is 10.3 Å². The summed E-state index contributed by atoms with van der Waals surface area (Å²) in [6.07, 6.45) is 1.79. The molecule has 0 fully saturated rings. The van der Waals surface area contributed by atoms with Crippen LogP contribution in [0.4, 0.5) is 0 Å². The fourth-order valence-corrected chi connectivity index (χ4v) is 1.19. The van der Waals surface area contributed by atoms with Crippen LogP contribution in [-0.2, 0) is 0 Å². The molecule has 1 rings (SSSR count). The van der Waals surface area contributed by atoms with Crippen molar-refractivity contribution in [3.05, 3.63) is 23.9 Å². The summed E-state index contributed by atoms with van der Waals surface area (Å²) in [5.41, 5.74) is 1.20. The Morgan fingerprint density at radius 1 is 1.40 bits per heavy atom. The van der Waals surface area contributed by atoms with Crippen molar-refractivity contribution in [3.63, 3.8) is 0 Å². The van der Waals surface area contributed by atoms with E-state index in [1.165, 1.54) is 5.56 Å². The molecule has 0 bridgehead atoms. The first-order valence-corrected chi connectivity index (χ1v) is 5.39. The lowest BCUT2D eigenvalue weighted by molar-refractivity contribution is 0.261. The maximum absolute atomic E-state index is 5.56. The normalized spacial score (nSPS) is 12.9. The molecule has 84 valence electrons. The Morgan fingerprint density at radius 2 is 2.13 bits per heavy atom. The molecule has 15 heavy (non-hydrogen) atoms. The molecule has 0 saturated carbocycles. The molecule has 3 heteroatoms. The molecule has 0 aliphatic rings. The van der Waals surface area contributed by atoms with Crippen LogP contribution in [0.2, 0.25) is 0 Å². The van der Waals surface area contributed by atoms with Crippen LogP contribution >= 0.6 is 0 Å². The largest absolute Gasteiger partial charge is 0.477 e. The first-order chi connectivity index (χ1) is 7.13. The van der Waals surface area contributed by atoms with Gasteiger partial charge < -0.3 is 10.1 Å². The predicted molar refractivity (Wildman–Crippen MR) is 62.0 cm³/mol. The molecule has 3 nitrogen and oxygen atoms in total. The molecule has 1 heterocycles. The van der Waals surface area contributed by atoms with Crippen LogP contribution in [-0.4, -0.2) is 18.6 Å². The van der Waals surface area contributed by atoms with Gasteiger partial charge >= 0.3 is 0 Å². The second-order valence-electron chi connectivity index (χ2n) is 4.14. The number of rotatable bonds is 5. The first kappa shape index (κ1) is 12.0. The van der Waals surface area contributed by atoms with Gasteiger partial charge in [0.1, 0.15) is 0 Å². The van der Waals surface area contributed by atoms with Crippen LogP contribution in [0.3, 0.4) is 0 Å². The Hall–Kier alpha value is -1.09. The zero-order chi connectivity index (χ0) is 11.3. The molecule has 1 N–H and O–H groups in total. The first-order valence-electron chi connectivity index (χ1n) is 5.39. The molecule has 0 aromatic carbocycles. The van der Waals surface area contributed by atoms with Gasteiger partial charge in [0.2, 0.25) is 5.88 Å². The summed E-state index contributed by atoms with van der Waals surface area (Å²) in [6, 6.07) is 4.32. The molecule has 1 unspecified atom stereocenters. The summed E-state index contributed by atoms with van der Waals surface area (Å²) in [6.45, 7) is 7.08. The standard InChI is InChI=1S/C12H20N2O/c1-9(2)8-15-12-7-11(5-6-14-12)10(3)13-4/h5-7,9-10,13H,8H2,1-4H3. The number of ether oxygens (including phenoxy) is 1. The zero-order valence-electron chi connectivity index (χ0n) is 9.95. The zero-order valence-corrected chi connectivity index (χ0v) is 9.95. The lowest BCUT2D eigenvalue weighted by Crippen LogP contribution is -2.13. The molecule has 0 aliphatic heterocycles. The number of aromatic nitrogens is 1. The molecule has 0 aliphatic carbocycles. The summed E-state index contributed by atoms with van der Waals surface area (Å²) < 4.78 is 5.56. The summed E-state index contributed by atoms with van der Waals surface area (Å²) in [5, 5.41) is 3.19. The fraction of sp³-hybridized carbons (Fsp3) is 0.583. The van der Waals surface area contributed by atoms with Gasteiger partial charge in [-0.3, -0.25) is 0 Å². The van der Waals surface area contributed by atoms with Crippen LogP contribution in [0.5, 0.6) is 5.88 Å². The number of hydrogen-bond acceptors (Lipinski definition) is 3. The molecule has 0 spiro atoms. The van der Waals surface area contributed by atoms with E-state index in [-0.39, 0.29) is 0 Å². The van der Waals surface area contributed by atoms with Crippen molar-refractivity contribution in [2.45, 2.75) is 26.8 Å². The smallest absolute Gasteiger partial charge is 0.213 e. The molecule has 1 atom stereocenters. The summed E-state index contributed by atoms with van der Waals surface area (Å²) in [7, 11) is 1.94. The molecule has 1 aromatic rings. The lowest BCUT2D eigenvalue weighted by atomic mass is 10.1. The highest BCUT2D eigenvalue weighted by Crippen LogP contribution is 2.16. The lowest BCUT2D eigenvalue weighted by Gasteiger charge is -2.12. The minimum Gasteiger partial charge on any atom is -0.477 e. The van der Waals surface area contributed by atoms with Crippen molar-refractivity contribution < 1.29 is 4.74 Å². The van der Waals surface area contributed by atoms with Crippen LogP contribution < -0.4 is 10.1 Å². The van der Waals surface area contributed by atoms with E-state index >= 15 is 0 Å². The van der Waals surface area contributed by atoms with Crippen LogP contribution in [0, 0.1) is 5.92 Å². The third-order valence-electron chi connectivity index (χ3n) is 2.26. The molecule has 0 amide bonds. The highest BCUT2D eigenvalue weighted by Gasteiger charge is 2.04. The van der Waals surface area contributed by atoms with Crippen molar-refractivity contribution in [1.29, 1.82) is 0 Å². The van der Waals surface area contributed by atoms with E-state index in [9.17, 15) is 0 Å². The van der Waals surface area contributed by atoms with Gasteiger partial charge in [0.15, 0.2) is 0 Å². The molecule has 1 aromatic heterocycles. The SMILES string of the molecule is CNC(C)c1ccnc(OCC(C)C)c1. The summed E-state index contributed by atoms with van der Waals surface area (Å²) in [4.78, 5) is 4.18. The number of nitrogens with zero attached hydrogens (tertiary/aromatic N) is 1. The van der Waals surface area contributed by atoms with E-state index in [1.807, 2.05) is 19.2 Å². The Bertz CT molecular complexity index is 299. The van der Waals surface area contributed by atoms with Crippen LogP contribution in [0.25, 0.3) is 0 Å². The Morgan fingerprint density at radius 3 is 2.73 bits per heavy atom. The monoisotopic (exact) mass is 208 g/mol. The highest BCUT2D eigenvalue weighted by atomic mass is 16.5. The van der Waals surface area contributed by atoms with Gasteiger partial charge in [-0.15, -0.1) is 0 Å². The maximum atomic E-state index is 5.56. The third-order valence-corrected chi connectivity index (χ3v) is 2.26. The fourth-order valence-electron chi connectivity index (χ4n) is 1.19. The minimum atomic E-state index is 0.328. The van der Waals surface area contributed by atoms with E-state index in [0.717, 1.165) is 0 Å². The minimum absolute atomic E-state index is 0.328. The summed E-state index contributed by atoms with van der Waals surface area (Å²) >= 11 is 0. The number of nitrogens with one attached hydrogen (secondary N) is 1. The second kappa shape index (κ2) is 5.71. The quantitative estimate of drug-likeness (QED) is 0.806. The Kier molecular flexibility index (Phi) is 4.56. The van der Waals surface area contributed by atoms with Crippen LogP contribution in [0.1, 0.15) is 32.4 Å². The van der Waals surface area contributed by atoms with Crippen LogP contribution in [0.15, 0.2) is 18.3 Å². The highest BCUT2D eigenvalue weighted by molar-refractivity contribution is 5.23. The van der Waals surface area contributed by atoms with E-state index in [1.54, 1.807) is 6.20 Å². The average Bonchev–Trinajstić information content (AvgIpc) is 2.25. The maximum Gasteiger partial charge on any atom is 0.213 e. The van der Waals surface area contributed by atoms with Crippen molar-refractivity contribution in [3.8, 4) is 5.88 Å². The third kappa shape index (κ3) is 3.88. The van der Waals surface area contributed by atoms with Gasteiger partial charge in [-0.2, -0.15) is 0 Å². The van der Waals surface area contributed by atoms with Gasteiger partial charge in [-0.1, -0.05) is 13.8 Å². The van der Waals surface area contributed by atoms with Gasteiger partial charge in [0, 0.05) is 18.3 Å². The Labute approximate surface area is 91.9 Å². The van der Waals surface area contributed by atoms with Gasteiger partial charge in [-0.25, -0.2) is 4.98 Å².